The van der Waals surface area contributed by atoms with Gasteiger partial charge in [0.2, 0.25) is 11.7 Å². The zero-order valence-corrected chi connectivity index (χ0v) is 16.9. The predicted octanol–water partition coefficient (Wildman–Crippen LogP) is 4.45. The lowest BCUT2D eigenvalue weighted by molar-refractivity contribution is -0.137. The van der Waals surface area contributed by atoms with Crippen molar-refractivity contribution in [2.45, 2.75) is 19.1 Å². The average molecular weight is 421 g/mol. The van der Waals surface area contributed by atoms with E-state index in [2.05, 4.69) is 10.1 Å². The highest BCUT2D eigenvalue weighted by molar-refractivity contribution is 5.54. The van der Waals surface area contributed by atoms with Gasteiger partial charge in [0.15, 0.2) is 11.5 Å². The number of aromatic nitrogens is 2. The van der Waals surface area contributed by atoms with Crippen LogP contribution in [0.25, 0.3) is 11.4 Å². The summed E-state index contributed by atoms with van der Waals surface area (Å²) in [5.74, 6) is 2.00. The fraction of sp³-hybridized carbons (Fsp3) is 0.333. The molecular weight excluding hydrogens is 399 g/mol. The van der Waals surface area contributed by atoms with Gasteiger partial charge >= 0.3 is 6.18 Å². The number of ether oxygens (including phenoxy) is 2. The van der Waals surface area contributed by atoms with Gasteiger partial charge in [-0.25, -0.2) is 0 Å². The molecule has 0 amide bonds. The van der Waals surface area contributed by atoms with E-state index in [-0.39, 0.29) is 5.82 Å². The van der Waals surface area contributed by atoms with Crippen LogP contribution in [-0.2, 0) is 19.1 Å². The summed E-state index contributed by atoms with van der Waals surface area (Å²) in [6.07, 6.45) is -3.60. The third kappa shape index (κ3) is 5.29. The van der Waals surface area contributed by atoms with Gasteiger partial charge in [-0.05, 0) is 43.3 Å². The van der Waals surface area contributed by atoms with Gasteiger partial charge in [0.05, 0.1) is 26.3 Å². The van der Waals surface area contributed by atoms with Gasteiger partial charge in [-0.3, -0.25) is 4.90 Å². The third-order valence-electron chi connectivity index (χ3n) is 4.57. The van der Waals surface area contributed by atoms with Crippen molar-refractivity contribution in [2.75, 3.05) is 27.8 Å². The summed E-state index contributed by atoms with van der Waals surface area (Å²) in [5, 5.41) is 3.87. The molecule has 160 valence electrons. The van der Waals surface area contributed by atoms with E-state index in [1.807, 2.05) is 30.1 Å². The number of nitrogens with zero attached hydrogens (tertiary/aromatic N) is 3. The van der Waals surface area contributed by atoms with Gasteiger partial charge < -0.3 is 14.0 Å². The number of benzene rings is 2. The van der Waals surface area contributed by atoms with Crippen molar-refractivity contribution in [3.8, 4) is 22.9 Å². The third-order valence-corrected chi connectivity index (χ3v) is 4.57. The summed E-state index contributed by atoms with van der Waals surface area (Å²) in [7, 11) is 5.11. The van der Waals surface area contributed by atoms with Crippen molar-refractivity contribution in [2.24, 2.45) is 0 Å². The van der Waals surface area contributed by atoms with Crippen LogP contribution in [-0.4, -0.2) is 42.9 Å². The number of alkyl halides is 3. The largest absolute Gasteiger partial charge is 0.493 e. The van der Waals surface area contributed by atoms with Crippen LogP contribution in [0.1, 0.15) is 17.0 Å². The minimum absolute atomic E-state index is 0.256. The molecule has 0 saturated carbocycles. The van der Waals surface area contributed by atoms with Crippen LogP contribution in [0.5, 0.6) is 11.5 Å². The maximum Gasteiger partial charge on any atom is 0.416 e. The number of hydrogen-bond acceptors (Lipinski definition) is 6. The maximum absolute atomic E-state index is 12.7. The molecule has 0 aliphatic carbocycles. The number of methoxy groups -OCH3 is 2. The topological polar surface area (TPSA) is 60.6 Å². The lowest BCUT2D eigenvalue weighted by Crippen LogP contribution is -2.21. The van der Waals surface area contributed by atoms with Crippen molar-refractivity contribution >= 4 is 0 Å². The SMILES string of the molecule is COc1ccc(CCN(C)Cc2nc(-c3ccc(C(F)(F)F)cc3)no2)cc1OC. The molecule has 0 saturated heterocycles. The van der Waals surface area contributed by atoms with Crippen molar-refractivity contribution in [3.63, 3.8) is 0 Å². The molecule has 0 N–H and O–H groups in total. The molecule has 6 nitrogen and oxygen atoms in total. The minimum Gasteiger partial charge on any atom is -0.493 e. The molecule has 1 heterocycles. The molecule has 9 heteroatoms. The van der Waals surface area contributed by atoms with Crippen LogP contribution in [0.2, 0.25) is 0 Å². The number of rotatable bonds is 8. The first kappa shape index (κ1) is 21.6. The van der Waals surface area contributed by atoms with Crippen LogP contribution in [0, 0.1) is 0 Å². The van der Waals surface area contributed by atoms with Gasteiger partial charge in [0.25, 0.3) is 0 Å². The quantitative estimate of drug-likeness (QED) is 0.536. The standard InChI is InChI=1S/C21H22F3N3O3/c1-27(11-10-14-4-9-17(28-2)18(12-14)29-3)13-19-25-20(26-30-19)15-5-7-16(8-6-15)21(22,23)24/h4-9,12H,10-11,13H2,1-3H3. The lowest BCUT2D eigenvalue weighted by Gasteiger charge is -2.15. The molecule has 0 fully saturated rings. The van der Waals surface area contributed by atoms with Crippen molar-refractivity contribution in [1.29, 1.82) is 0 Å². The smallest absolute Gasteiger partial charge is 0.416 e. The monoisotopic (exact) mass is 421 g/mol. The maximum atomic E-state index is 12.7. The van der Waals surface area contributed by atoms with Crippen LogP contribution in [0.4, 0.5) is 13.2 Å². The van der Waals surface area contributed by atoms with E-state index < -0.39 is 11.7 Å². The Bertz CT molecular complexity index is 972. The second-order valence-electron chi connectivity index (χ2n) is 6.76. The Balaban J connectivity index is 1.58. The summed E-state index contributed by atoms with van der Waals surface area (Å²) >= 11 is 0. The van der Waals surface area contributed by atoms with Crippen LogP contribution in [0.3, 0.4) is 0 Å². The fourth-order valence-corrected chi connectivity index (χ4v) is 2.91. The zero-order chi connectivity index (χ0) is 21.7. The van der Waals surface area contributed by atoms with E-state index in [0.29, 0.717) is 29.5 Å². The second kappa shape index (κ2) is 9.17. The van der Waals surface area contributed by atoms with Gasteiger partial charge in [0, 0.05) is 12.1 Å². The predicted molar refractivity (Wildman–Crippen MR) is 104 cm³/mol. The molecule has 0 radical (unpaired) electrons. The molecule has 1 aromatic heterocycles. The van der Waals surface area contributed by atoms with Crippen molar-refractivity contribution < 1.29 is 27.2 Å². The highest BCUT2D eigenvalue weighted by atomic mass is 19.4. The van der Waals surface area contributed by atoms with Gasteiger partial charge in [0.1, 0.15) is 0 Å². The second-order valence-corrected chi connectivity index (χ2v) is 6.76. The Labute approximate surface area is 172 Å². The molecule has 0 unspecified atom stereocenters. The van der Waals surface area contributed by atoms with Crippen molar-refractivity contribution in [1.82, 2.24) is 15.0 Å². The molecule has 0 spiro atoms. The van der Waals surface area contributed by atoms with Crippen LogP contribution in [0.15, 0.2) is 47.0 Å². The Hall–Kier alpha value is -3.07. The fourth-order valence-electron chi connectivity index (χ4n) is 2.91. The minimum atomic E-state index is -4.38. The summed E-state index contributed by atoms with van der Waals surface area (Å²) in [5.41, 5.74) is 0.839. The van der Waals surface area contributed by atoms with E-state index in [0.717, 1.165) is 30.7 Å². The molecule has 3 aromatic rings. The lowest BCUT2D eigenvalue weighted by atomic mass is 10.1. The Morgan fingerprint density at radius 1 is 1.00 bits per heavy atom. The Morgan fingerprint density at radius 3 is 2.33 bits per heavy atom. The van der Waals surface area contributed by atoms with Crippen LogP contribution >= 0.6 is 0 Å². The highest BCUT2D eigenvalue weighted by Crippen LogP contribution is 2.30. The number of likely N-dealkylation sites (N-methyl/N-ethyl adjacent to an activating group) is 1. The molecule has 0 atom stereocenters. The van der Waals surface area contributed by atoms with E-state index in [4.69, 9.17) is 14.0 Å². The molecule has 0 aliphatic heterocycles. The number of halogens is 3. The first-order valence-electron chi connectivity index (χ1n) is 9.20. The first-order chi connectivity index (χ1) is 14.3. The van der Waals surface area contributed by atoms with E-state index in [1.54, 1.807) is 14.2 Å². The Morgan fingerprint density at radius 2 is 1.70 bits per heavy atom. The molecule has 30 heavy (non-hydrogen) atoms. The molecule has 0 aliphatic rings. The number of hydrogen-bond donors (Lipinski definition) is 0. The van der Waals surface area contributed by atoms with Gasteiger partial charge in [-0.2, -0.15) is 18.2 Å². The summed E-state index contributed by atoms with van der Waals surface area (Å²) in [6, 6.07) is 10.4. The summed E-state index contributed by atoms with van der Waals surface area (Å²) in [4.78, 5) is 6.29. The van der Waals surface area contributed by atoms with Crippen LogP contribution < -0.4 is 9.47 Å². The van der Waals surface area contributed by atoms with E-state index in [9.17, 15) is 13.2 Å². The average Bonchev–Trinajstić information content (AvgIpc) is 3.19. The van der Waals surface area contributed by atoms with Gasteiger partial charge in [-0.15, -0.1) is 0 Å². The summed E-state index contributed by atoms with van der Waals surface area (Å²) < 4.78 is 53.8. The summed E-state index contributed by atoms with van der Waals surface area (Å²) in [6.45, 7) is 1.15. The molecular formula is C21H22F3N3O3. The van der Waals surface area contributed by atoms with E-state index in [1.165, 1.54) is 12.1 Å². The van der Waals surface area contributed by atoms with E-state index >= 15 is 0 Å². The Kier molecular flexibility index (Phi) is 6.61. The first-order valence-corrected chi connectivity index (χ1v) is 9.20. The van der Waals surface area contributed by atoms with Crippen molar-refractivity contribution in [3.05, 3.63) is 59.5 Å². The highest BCUT2D eigenvalue weighted by Gasteiger charge is 2.30. The van der Waals surface area contributed by atoms with Gasteiger partial charge in [-0.1, -0.05) is 23.4 Å². The molecule has 2 aromatic carbocycles. The molecule has 3 rings (SSSR count). The zero-order valence-electron chi connectivity index (χ0n) is 16.9. The normalized spacial score (nSPS) is 11.7. The molecule has 0 bridgehead atoms.